The standard InChI is InChI=1S/C10H12BrNO/c11-8-3-1-4-9(7-8)13-10-5-2-6-12-10/h1,3-4,7,10,12H,2,5-6H2. The predicted octanol–water partition coefficient (Wildman–Crippen LogP) is 2.54. The van der Waals surface area contributed by atoms with E-state index in [1.54, 1.807) is 0 Å². The number of ether oxygens (including phenoxy) is 1. The van der Waals surface area contributed by atoms with Gasteiger partial charge < -0.3 is 4.74 Å². The van der Waals surface area contributed by atoms with Crippen molar-refractivity contribution in [3.63, 3.8) is 0 Å². The van der Waals surface area contributed by atoms with Gasteiger partial charge in [0.2, 0.25) is 0 Å². The van der Waals surface area contributed by atoms with Crippen molar-refractivity contribution in [3.8, 4) is 5.75 Å². The summed E-state index contributed by atoms with van der Waals surface area (Å²) in [6.45, 7) is 1.07. The van der Waals surface area contributed by atoms with Crippen LogP contribution in [0.1, 0.15) is 12.8 Å². The molecular weight excluding hydrogens is 230 g/mol. The number of hydrogen-bond donors (Lipinski definition) is 1. The first-order chi connectivity index (χ1) is 6.34. The van der Waals surface area contributed by atoms with Gasteiger partial charge in [-0.3, -0.25) is 5.32 Å². The van der Waals surface area contributed by atoms with Gasteiger partial charge in [-0.25, -0.2) is 0 Å². The average molecular weight is 242 g/mol. The van der Waals surface area contributed by atoms with Gasteiger partial charge in [-0.05, 0) is 37.6 Å². The Kier molecular flexibility index (Phi) is 2.86. The van der Waals surface area contributed by atoms with Gasteiger partial charge in [-0.1, -0.05) is 22.0 Å². The number of rotatable bonds is 2. The molecule has 0 bridgehead atoms. The van der Waals surface area contributed by atoms with E-state index in [1.807, 2.05) is 24.3 Å². The van der Waals surface area contributed by atoms with E-state index in [-0.39, 0.29) is 6.23 Å². The monoisotopic (exact) mass is 241 g/mol. The van der Waals surface area contributed by atoms with Gasteiger partial charge in [0, 0.05) is 4.47 Å². The molecule has 0 amide bonds. The molecule has 2 nitrogen and oxygen atoms in total. The van der Waals surface area contributed by atoms with Crippen LogP contribution in [0, 0.1) is 0 Å². The third-order valence-corrected chi connectivity index (χ3v) is 2.58. The minimum absolute atomic E-state index is 0.203. The number of benzene rings is 1. The van der Waals surface area contributed by atoms with Gasteiger partial charge in [0.05, 0.1) is 0 Å². The highest BCUT2D eigenvalue weighted by molar-refractivity contribution is 9.10. The summed E-state index contributed by atoms with van der Waals surface area (Å²) in [5.74, 6) is 0.925. The van der Waals surface area contributed by atoms with Crippen molar-refractivity contribution in [3.05, 3.63) is 28.7 Å². The maximum atomic E-state index is 5.72. The lowest BCUT2D eigenvalue weighted by Crippen LogP contribution is -2.27. The summed E-state index contributed by atoms with van der Waals surface area (Å²) in [4.78, 5) is 0. The highest BCUT2D eigenvalue weighted by Gasteiger charge is 2.14. The van der Waals surface area contributed by atoms with Crippen LogP contribution in [0.3, 0.4) is 0 Å². The lowest BCUT2D eigenvalue weighted by atomic mass is 10.3. The molecule has 1 aromatic carbocycles. The van der Waals surface area contributed by atoms with E-state index < -0.39 is 0 Å². The number of hydrogen-bond acceptors (Lipinski definition) is 2. The fourth-order valence-corrected chi connectivity index (χ4v) is 1.84. The third kappa shape index (κ3) is 2.45. The molecular formula is C10H12BrNO. The van der Waals surface area contributed by atoms with E-state index in [9.17, 15) is 0 Å². The maximum absolute atomic E-state index is 5.72. The van der Waals surface area contributed by atoms with E-state index in [4.69, 9.17) is 4.74 Å². The van der Waals surface area contributed by atoms with Gasteiger partial charge >= 0.3 is 0 Å². The molecule has 1 unspecified atom stereocenters. The molecule has 0 spiro atoms. The Hall–Kier alpha value is -0.540. The Labute approximate surface area is 86.4 Å². The van der Waals surface area contributed by atoms with Crippen LogP contribution < -0.4 is 10.1 Å². The molecule has 0 saturated carbocycles. The van der Waals surface area contributed by atoms with Gasteiger partial charge in [0.25, 0.3) is 0 Å². The average Bonchev–Trinajstić information content (AvgIpc) is 2.57. The molecule has 0 radical (unpaired) electrons. The molecule has 1 aromatic rings. The first-order valence-electron chi connectivity index (χ1n) is 4.50. The van der Waals surface area contributed by atoms with E-state index in [1.165, 1.54) is 6.42 Å². The fraction of sp³-hybridized carbons (Fsp3) is 0.400. The van der Waals surface area contributed by atoms with Crippen molar-refractivity contribution in [2.45, 2.75) is 19.1 Å². The van der Waals surface area contributed by atoms with Crippen LogP contribution in [0.25, 0.3) is 0 Å². The van der Waals surface area contributed by atoms with Gasteiger partial charge in [0.1, 0.15) is 12.0 Å². The molecule has 13 heavy (non-hydrogen) atoms. The molecule has 1 heterocycles. The van der Waals surface area contributed by atoms with Crippen LogP contribution in [0.4, 0.5) is 0 Å². The van der Waals surface area contributed by atoms with Crippen LogP contribution in [0.5, 0.6) is 5.75 Å². The second-order valence-corrected chi connectivity index (χ2v) is 4.08. The van der Waals surface area contributed by atoms with Crippen LogP contribution >= 0.6 is 15.9 Å². The quantitative estimate of drug-likeness (QED) is 0.860. The summed E-state index contributed by atoms with van der Waals surface area (Å²) in [6, 6.07) is 7.94. The largest absolute Gasteiger partial charge is 0.475 e. The summed E-state index contributed by atoms with van der Waals surface area (Å²) in [5.41, 5.74) is 0. The molecule has 0 aromatic heterocycles. The fourth-order valence-electron chi connectivity index (χ4n) is 1.46. The van der Waals surface area contributed by atoms with Crippen LogP contribution in [-0.4, -0.2) is 12.8 Å². The summed E-state index contributed by atoms with van der Waals surface area (Å²) in [6.07, 6.45) is 2.51. The van der Waals surface area contributed by atoms with Crippen molar-refractivity contribution in [1.82, 2.24) is 5.32 Å². The topological polar surface area (TPSA) is 21.3 Å². The zero-order valence-corrected chi connectivity index (χ0v) is 8.88. The van der Waals surface area contributed by atoms with E-state index >= 15 is 0 Å². The first kappa shape index (κ1) is 9.03. The molecule has 70 valence electrons. The minimum atomic E-state index is 0.203. The smallest absolute Gasteiger partial charge is 0.150 e. The van der Waals surface area contributed by atoms with Crippen molar-refractivity contribution in [2.24, 2.45) is 0 Å². The summed E-state index contributed by atoms with van der Waals surface area (Å²) >= 11 is 3.41. The van der Waals surface area contributed by atoms with E-state index in [0.29, 0.717) is 0 Å². The number of nitrogens with one attached hydrogen (secondary N) is 1. The summed E-state index contributed by atoms with van der Waals surface area (Å²) in [7, 11) is 0. The Balaban J connectivity index is 2.00. The predicted molar refractivity (Wildman–Crippen MR) is 55.8 cm³/mol. The summed E-state index contributed by atoms with van der Waals surface area (Å²) < 4.78 is 6.77. The lowest BCUT2D eigenvalue weighted by molar-refractivity contribution is 0.187. The molecule has 1 saturated heterocycles. The lowest BCUT2D eigenvalue weighted by Gasteiger charge is -2.13. The normalized spacial score (nSPS) is 21.8. The Morgan fingerprint density at radius 1 is 1.46 bits per heavy atom. The third-order valence-electron chi connectivity index (χ3n) is 2.09. The molecule has 1 aliphatic rings. The van der Waals surface area contributed by atoms with Gasteiger partial charge in [0.15, 0.2) is 0 Å². The van der Waals surface area contributed by atoms with Gasteiger partial charge in [-0.2, -0.15) is 0 Å². The van der Waals surface area contributed by atoms with Crippen molar-refractivity contribution in [2.75, 3.05) is 6.54 Å². The molecule has 1 N–H and O–H groups in total. The van der Waals surface area contributed by atoms with Crippen molar-refractivity contribution in [1.29, 1.82) is 0 Å². The molecule has 0 aliphatic carbocycles. The maximum Gasteiger partial charge on any atom is 0.150 e. The van der Waals surface area contributed by atoms with Crippen molar-refractivity contribution < 1.29 is 4.74 Å². The Bertz CT molecular complexity index is 284. The van der Waals surface area contributed by atoms with Gasteiger partial charge in [-0.15, -0.1) is 0 Å². The van der Waals surface area contributed by atoms with Crippen LogP contribution in [0.15, 0.2) is 28.7 Å². The Morgan fingerprint density at radius 2 is 2.38 bits per heavy atom. The SMILES string of the molecule is Brc1cccc(OC2CCCN2)c1. The molecule has 1 fully saturated rings. The van der Waals surface area contributed by atoms with E-state index in [2.05, 4.69) is 21.2 Å². The summed E-state index contributed by atoms with van der Waals surface area (Å²) in [5, 5.41) is 3.29. The Morgan fingerprint density at radius 3 is 3.08 bits per heavy atom. The van der Waals surface area contributed by atoms with Crippen LogP contribution in [0.2, 0.25) is 0 Å². The van der Waals surface area contributed by atoms with E-state index in [0.717, 1.165) is 23.2 Å². The number of halogens is 1. The molecule has 3 heteroatoms. The molecule has 1 aliphatic heterocycles. The highest BCUT2D eigenvalue weighted by Crippen LogP contribution is 2.20. The van der Waals surface area contributed by atoms with Crippen LogP contribution in [-0.2, 0) is 0 Å². The zero-order chi connectivity index (χ0) is 9.10. The van der Waals surface area contributed by atoms with Crippen molar-refractivity contribution >= 4 is 15.9 Å². The minimum Gasteiger partial charge on any atom is -0.475 e. The second-order valence-electron chi connectivity index (χ2n) is 3.16. The molecule has 2 rings (SSSR count). The molecule has 1 atom stereocenters. The second kappa shape index (κ2) is 4.11. The highest BCUT2D eigenvalue weighted by atomic mass is 79.9. The first-order valence-corrected chi connectivity index (χ1v) is 5.29. The zero-order valence-electron chi connectivity index (χ0n) is 7.29.